The topological polar surface area (TPSA) is 34.7 Å². The zero-order chi connectivity index (χ0) is 19.2. The van der Waals surface area contributed by atoms with Gasteiger partial charge < -0.3 is 9.72 Å². The molecule has 2 aromatic rings. The van der Waals surface area contributed by atoms with E-state index >= 15 is 0 Å². The predicted octanol–water partition coefficient (Wildman–Crippen LogP) is 2.40. The molecule has 2 aliphatic rings. The molecule has 1 atom stereocenters. The number of aromatic amines is 1. The predicted molar refractivity (Wildman–Crippen MR) is 114 cm³/mol. The lowest BCUT2D eigenvalue weighted by molar-refractivity contribution is 0.123. The third-order valence-electron chi connectivity index (χ3n) is 6.10. The SMILES string of the molecule is COC[C@H]1CCCN1CC#CCN1CCN(Cc2c[nH]c3ccccc23)CC1. The summed E-state index contributed by atoms with van der Waals surface area (Å²) in [6, 6.07) is 9.13. The molecule has 0 radical (unpaired) electrons. The van der Waals surface area contributed by atoms with Gasteiger partial charge in [-0.1, -0.05) is 30.0 Å². The number of nitrogens with zero attached hydrogens (tertiary/aromatic N) is 3. The first kappa shape index (κ1) is 19.5. The Labute approximate surface area is 168 Å². The van der Waals surface area contributed by atoms with Gasteiger partial charge in [0.2, 0.25) is 0 Å². The van der Waals surface area contributed by atoms with Crippen LogP contribution in [-0.4, -0.2) is 85.3 Å². The summed E-state index contributed by atoms with van der Waals surface area (Å²) in [5.41, 5.74) is 2.64. The van der Waals surface area contributed by atoms with Crippen molar-refractivity contribution >= 4 is 10.9 Å². The highest BCUT2D eigenvalue weighted by Gasteiger charge is 2.23. The molecule has 0 aliphatic carbocycles. The Morgan fingerprint density at radius 2 is 1.82 bits per heavy atom. The highest BCUT2D eigenvalue weighted by Crippen LogP contribution is 2.20. The van der Waals surface area contributed by atoms with Crippen LogP contribution >= 0.6 is 0 Å². The van der Waals surface area contributed by atoms with E-state index in [0.717, 1.165) is 59.0 Å². The van der Waals surface area contributed by atoms with Crippen molar-refractivity contribution < 1.29 is 4.74 Å². The molecule has 150 valence electrons. The molecule has 0 spiro atoms. The minimum atomic E-state index is 0.562. The third kappa shape index (κ3) is 4.76. The van der Waals surface area contributed by atoms with Crippen LogP contribution in [0.4, 0.5) is 0 Å². The van der Waals surface area contributed by atoms with Crippen molar-refractivity contribution in [2.24, 2.45) is 0 Å². The first-order valence-corrected chi connectivity index (χ1v) is 10.5. The van der Waals surface area contributed by atoms with Crippen molar-refractivity contribution in [2.45, 2.75) is 25.4 Å². The average molecular weight is 381 g/mol. The molecule has 0 saturated carbocycles. The van der Waals surface area contributed by atoms with Crippen molar-refractivity contribution in [3.63, 3.8) is 0 Å². The van der Waals surface area contributed by atoms with E-state index in [2.05, 4.69) is 62.0 Å². The summed E-state index contributed by atoms with van der Waals surface area (Å²) < 4.78 is 5.32. The van der Waals surface area contributed by atoms with Gasteiger partial charge in [0.1, 0.15) is 0 Å². The Morgan fingerprint density at radius 3 is 2.68 bits per heavy atom. The fourth-order valence-electron chi connectivity index (χ4n) is 4.42. The maximum Gasteiger partial charge on any atom is 0.0618 e. The number of aromatic nitrogens is 1. The second kappa shape index (κ2) is 9.58. The molecule has 3 heterocycles. The lowest BCUT2D eigenvalue weighted by Crippen LogP contribution is -2.45. The summed E-state index contributed by atoms with van der Waals surface area (Å²) in [4.78, 5) is 10.9. The van der Waals surface area contributed by atoms with Gasteiger partial charge >= 0.3 is 0 Å². The van der Waals surface area contributed by atoms with Crippen molar-refractivity contribution in [1.82, 2.24) is 19.7 Å². The van der Waals surface area contributed by atoms with Gasteiger partial charge in [-0.3, -0.25) is 14.7 Å². The van der Waals surface area contributed by atoms with Crippen molar-refractivity contribution in [3.05, 3.63) is 36.0 Å². The Hall–Kier alpha value is -1.84. The molecule has 1 aromatic carbocycles. The van der Waals surface area contributed by atoms with E-state index in [0.29, 0.717) is 6.04 Å². The third-order valence-corrected chi connectivity index (χ3v) is 6.10. The standard InChI is InChI=1S/C23H32N4O/c1-28-19-21-7-6-12-27(21)11-5-4-10-25-13-15-26(16-14-25)18-20-17-24-23-9-3-2-8-22(20)23/h2-3,8-9,17,21,24H,6-7,10-16,18-19H2,1H3/t21-/m1/s1. The maximum absolute atomic E-state index is 5.32. The van der Waals surface area contributed by atoms with Crippen LogP contribution < -0.4 is 0 Å². The zero-order valence-corrected chi connectivity index (χ0v) is 17.0. The first-order chi connectivity index (χ1) is 13.8. The molecular formula is C23H32N4O. The number of H-pyrrole nitrogens is 1. The van der Waals surface area contributed by atoms with Gasteiger partial charge in [-0.15, -0.1) is 0 Å². The van der Waals surface area contributed by atoms with Crippen LogP contribution in [0.3, 0.4) is 0 Å². The summed E-state index contributed by atoms with van der Waals surface area (Å²) in [7, 11) is 1.79. The van der Waals surface area contributed by atoms with Crippen LogP contribution in [0.1, 0.15) is 18.4 Å². The zero-order valence-electron chi connectivity index (χ0n) is 17.0. The molecule has 0 amide bonds. The second-order valence-corrected chi connectivity index (χ2v) is 7.99. The van der Waals surface area contributed by atoms with E-state index in [1.54, 1.807) is 7.11 Å². The lowest BCUT2D eigenvalue weighted by atomic mass is 10.1. The largest absolute Gasteiger partial charge is 0.383 e. The summed E-state index contributed by atoms with van der Waals surface area (Å²) in [6.07, 6.45) is 4.68. The van der Waals surface area contributed by atoms with Crippen LogP contribution in [0.2, 0.25) is 0 Å². The lowest BCUT2D eigenvalue weighted by Gasteiger charge is -2.33. The van der Waals surface area contributed by atoms with Gasteiger partial charge in [0.15, 0.2) is 0 Å². The summed E-state index contributed by atoms with van der Waals surface area (Å²) in [5, 5.41) is 1.35. The van der Waals surface area contributed by atoms with E-state index in [1.165, 1.54) is 29.3 Å². The van der Waals surface area contributed by atoms with Crippen LogP contribution in [0.15, 0.2) is 30.5 Å². The maximum atomic E-state index is 5.32. The van der Waals surface area contributed by atoms with E-state index in [4.69, 9.17) is 4.74 Å². The molecule has 2 aliphatic heterocycles. The van der Waals surface area contributed by atoms with Crippen LogP contribution in [0.5, 0.6) is 0 Å². The first-order valence-electron chi connectivity index (χ1n) is 10.5. The number of hydrogen-bond donors (Lipinski definition) is 1. The number of fused-ring (bicyclic) bond motifs is 1. The Kier molecular flexibility index (Phi) is 6.66. The number of likely N-dealkylation sites (tertiary alicyclic amines) is 1. The molecule has 1 aromatic heterocycles. The van der Waals surface area contributed by atoms with Crippen molar-refractivity contribution in [3.8, 4) is 11.8 Å². The highest BCUT2D eigenvalue weighted by molar-refractivity contribution is 5.82. The van der Waals surface area contributed by atoms with E-state index < -0.39 is 0 Å². The minimum absolute atomic E-state index is 0.562. The van der Waals surface area contributed by atoms with Crippen LogP contribution in [-0.2, 0) is 11.3 Å². The number of rotatable bonds is 6. The molecule has 28 heavy (non-hydrogen) atoms. The van der Waals surface area contributed by atoms with Crippen LogP contribution in [0, 0.1) is 11.8 Å². The number of methoxy groups -OCH3 is 1. The molecule has 0 bridgehead atoms. The molecule has 2 fully saturated rings. The van der Waals surface area contributed by atoms with Gasteiger partial charge in [-0.05, 0) is 31.0 Å². The molecule has 5 nitrogen and oxygen atoms in total. The van der Waals surface area contributed by atoms with E-state index in [1.807, 2.05) is 0 Å². The number of nitrogens with one attached hydrogen (secondary N) is 1. The number of ether oxygens (including phenoxy) is 1. The molecule has 0 unspecified atom stereocenters. The van der Waals surface area contributed by atoms with Crippen molar-refractivity contribution in [1.29, 1.82) is 0 Å². The van der Waals surface area contributed by atoms with Crippen LogP contribution in [0.25, 0.3) is 10.9 Å². The van der Waals surface area contributed by atoms with E-state index in [9.17, 15) is 0 Å². The smallest absolute Gasteiger partial charge is 0.0618 e. The monoisotopic (exact) mass is 380 g/mol. The fourth-order valence-corrected chi connectivity index (χ4v) is 4.42. The number of para-hydroxylation sites is 1. The molecule has 5 heteroatoms. The Bertz CT molecular complexity index is 813. The van der Waals surface area contributed by atoms with Gasteiger partial charge in [0, 0.05) is 63.0 Å². The second-order valence-electron chi connectivity index (χ2n) is 7.99. The molecule has 2 saturated heterocycles. The summed E-state index contributed by atoms with van der Waals surface area (Å²) in [6.45, 7) is 9.24. The Morgan fingerprint density at radius 1 is 1.04 bits per heavy atom. The molecule has 1 N–H and O–H groups in total. The summed E-state index contributed by atoms with van der Waals surface area (Å²) in [5.74, 6) is 6.79. The quantitative estimate of drug-likeness (QED) is 0.781. The van der Waals surface area contributed by atoms with Gasteiger partial charge in [-0.25, -0.2) is 0 Å². The fraction of sp³-hybridized carbons (Fsp3) is 0.565. The normalized spacial score (nSPS) is 21.8. The number of hydrogen-bond acceptors (Lipinski definition) is 4. The van der Waals surface area contributed by atoms with Crippen molar-refractivity contribution in [2.75, 3.05) is 59.5 Å². The van der Waals surface area contributed by atoms with Gasteiger partial charge in [0.05, 0.1) is 19.7 Å². The van der Waals surface area contributed by atoms with Gasteiger partial charge in [0.25, 0.3) is 0 Å². The van der Waals surface area contributed by atoms with E-state index in [-0.39, 0.29) is 0 Å². The minimum Gasteiger partial charge on any atom is -0.383 e. The highest BCUT2D eigenvalue weighted by atomic mass is 16.5. The molecular weight excluding hydrogens is 348 g/mol. The summed E-state index contributed by atoms with van der Waals surface area (Å²) >= 11 is 0. The number of piperazine rings is 1. The number of benzene rings is 1. The Balaban J connectivity index is 1.20. The average Bonchev–Trinajstić information content (AvgIpc) is 3.34. The molecule has 4 rings (SSSR count). The van der Waals surface area contributed by atoms with Gasteiger partial charge in [-0.2, -0.15) is 0 Å².